The second kappa shape index (κ2) is 4.27. The van der Waals surface area contributed by atoms with Crippen molar-refractivity contribution in [3.8, 4) is 0 Å². The quantitative estimate of drug-likeness (QED) is 0.772. The highest BCUT2D eigenvalue weighted by atomic mass is 35.5. The van der Waals surface area contributed by atoms with Gasteiger partial charge in [-0.05, 0) is 30.6 Å². The van der Waals surface area contributed by atoms with Crippen LogP contribution in [0.5, 0.6) is 0 Å². The number of halogens is 1. The van der Waals surface area contributed by atoms with E-state index in [4.69, 9.17) is 11.6 Å². The maximum atomic E-state index is 5.95. The molecule has 2 unspecified atom stereocenters. The van der Waals surface area contributed by atoms with Crippen molar-refractivity contribution in [3.05, 3.63) is 11.6 Å². The van der Waals surface area contributed by atoms with E-state index >= 15 is 0 Å². The van der Waals surface area contributed by atoms with Crippen LogP contribution in [0.1, 0.15) is 50.7 Å². The predicted octanol–water partition coefficient (Wildman–Crippen LogP) is 3.19. The van der Waals surface area contributed by atoms with Crippen LogP contribution in [0, 0.1) is 17.8 Å². The Kier molecular flexibility index (Phi) is 2.89. The largest absolute Gasteiger partial charge is 0.313 e. The van der Waals surface area contributed by atoms with E-state index in [0.29, 0.717) is 17.7 Å². The Hall–Kier alpha value is -0.570. The maximum Gasteiger partial charge on any atom is 0.147 e. The summed E-state index contributed by atoms with van der Waals surface area (Å²) >= 11 is 5.95. The van der Waals surface area contributed by atoms with Crippen LogP contribution in [0.4, 0.5) is 0 Å². The van der Waals surface area contributed by atoms with E-state index < -0.39 is 0 Å². The maximum absolute atomic E-state index is 5.95. The summed E-state index contributed by atoms with van der Waals surface area (Å²) in [7, 11) is 0. The van der Waals surface area contributed by atoms with Crippen molar-refractivity contribution in [2.75, 3.05) is 0 Å². The van der Waals surface area contributed by atoms with Crippen LogP contribution < -0.4 is 0 Å². The van der Waals surface area contributed by atoms with E-state index in [0.717, 1.165) is 24.2 Å². The lowest BCUT2D eigenvalue weighted by atomic mass is 10.1. The monoisotopic (exact) mass is 253 g/mol. The highest BCUT2D eigenvalue weighted by Gasteiger charge is 2.55. The molecule has 2 saturated carbocycles. The molecule has 2 atom stereocenters. The van der Waals surface area contributed by atoms with Gasteiger partial charge in [0, 0.05) is 12.5 Å². The van der Waals surface area contributed by atoms with Gasteiger partial charge in [0.25, 0.3) is 0 Å². The van der Waals surface area contributed by atoms with Crippen molar-refractivity contribution in [1.29, 1.82) is 0 Å². The minimum absolute atomic E-state index is 0.474. The molecule has 1 heterocycles. The molecule has 3 nitrogen and oxygen atoms in total. The topological polar surface area (TPSA) is 30.7 Å². The van der Waals surface area contributed by atoms with Crippen LogP contribution in [-0.2, 0) is 12.4 Å². The smallest absolute Gasteiger partial charge is 0.147 e. The summed E-state index contributed by atoms with van der Waals surface area (Å²) in [5, 5.41) is 8.67. The number of aromatic nitrogens is 3. The first-order valence-electron chi connectivity index (χ1n) is 6.70. The van der Waals surface area contributed by atoms with E-state index in [1.165, 1.54) is 25.1 Å². The molecule has 0 aliphatic heterocycles. The van der Waals surface area contributed by atoms with Gasteiger partial charge in [-0.1, -0.05) is 20.3 Å². The molecular formula is C13H20ClN3. The van der Waals surface area contributed by atoms with E-state index in [2.05, 4.69) is 28.6 Å². The number of nitrogens with zero attached hydrogens (tertiary/aromatic N) is 3. The molecule has 3 rings (SSSR count). The number of hydrogen-bond acceptors (Lipinski definition) is 2. The van der Waals surface area contributed by atoms with E-state index in [1.807, 2.05) is 0 Å². The zero-order chi connectivity index (χ0) is 12.0. The summed E-state index contributed by atoms with van der Waals surface area (Å²) in [6.45, 7) is 5.46. The molecule has 0 N–H and O–H groups in total. The van der Waals surface area contributed by atoms with Crippen molar-refractivity contribution >= 4 is 11.6 Å². The van der Waals surface area contributed by atoms with Gasteiger partial charge in [0.1, 0.15) is 11.6 Å². The molecule has 0 aromatic carbocycles. The third-order valence-corrected chi connectivity index (χ3v) is 4.47. The average molecular weight is 254 g/mol. The standard InChI is InChI=1S/C13H20ClN3/c1-8(2)7-17-11(6-14)15-16-13(17)12-9-4-3-5-10(9)12/h8-10,12H,3-7H2,1-2H3. The van der Waals surface area contributed by atoms with Gasteiger partial charge in [-0.25, -0.2) is 0 Å². The lowest BCUT2D eigenvalue weighted by Gasteiger charge is -2.12. The zero-order valence-corrected chi connectivity index (χ0v) is 11.3. The third kappa shape index (κ3) is 1.88. The molecule has 2 fully saturated rings. The predicted molar refractivity (Wildman–Crippen MR) is 68.0 cm³/mol. The van der Waals surface area contributed by atoms with Gasteiger partial charge in [-0.3, -0.25) is 0 Å². The van der Waals surface area contributed by atoms with Gasteiger partial charge in [0.15, 0.2) is 0 Å². The first-order chi connectivity index (χ1) is 8.22. The summed E-state index contributed by atoms with van der Waals surface area (Å²) in [4.78, 5) is 0. The molecule has 1 aromatic rings. The summed E-state index contributed by atoms with van der Waals surface area (Å²) in [5.74, 6) is 5.73. The number of fused-ring (bicyclic) bond motifs is 1. The Morgan fingerprint density at radius 3 is 2.59 bits per heavy atom. The second-order valence-electron chi connectivity index (χ2n) is 5.90. The van der Waals surface area contributed by atoms with Crippen LogP contribution in [-0.4, -0.2) is 14.8 Å². The fourth-order valence-electron chi connectivity index (χ4n) is 3.46. The van der Waals surface area contributed by atoms with Crippen molar-refractivity contribution in [3.63, 3.8) is 0 Å². The lowest BCUT2D eigenvalue weighted by molar-refractivity contribution is 0.488. The number of alkyl halides is 1. The van der Waals surface area contributed by atoms with Gasteiger partial charge >= 0.3 is 0 Å². The lowest BCUT2D eigenvalue weighted by Crippen LogP contribution is -2.11. The Labute approximate surface area is 108 Å². The Morgan fingerprint density at radius 1 is 1.29 bits per heavy atom. The fourth-order valence-corrected chi connectivity index (χ4v) is 3.66. The molecule has 4 heteroatoms. The van der Waals surface area contributed by atoms with Crippen LogP contribution in [0.15, 0.2) is 0 Å². The molecule has 94 valence electrons. The Morgan fingerprint density at radius 2 is 2.00 bits per heavy atom. The van der Waals surface area contributed by atoms with Crippen molar-refractivity contribution in [1.82, 2.24) is 14.8 Å². The highest BCUT2D eigenvalue weighted by molar-refractivity contribution is 6.16. The summed E-state index contributed by atoms with van der Waals surface area (Å²) < 4.78 is 2.28. The average Bonchev–Trinajstić information content (AvgIpc) is 2.68. The minimum Gasteiger partial charge on any atom is -0.313 e. The van der Waals surface area contributed by atoms with Crippen LogP contribution in [0.3, 0.4) is 0 Å². The SMILES string of the molecule is CC(C)Cn1c(CCl)nnc1C1C2CCCC21. The summed E-state index contributed by atoms with van der Waals surface area (Å²) in [5.41, 5.74) is 0. The van der Waals surface area contributed by atoms with Crippen LogP contribution in [0.2, 0.25) is 0 Å². The summed E-state index contributed by atoms with van der Waals surface area (Å²) in [6.07, 6.45) is 4.19. The minimum atomic E-state index is 0.474. The molecule has 1 aromatic heterocycles. The first-order valence-corrected chi connectivity index (χ1v) is 7.23. The molecule has 0 amide bonds. The molecule has 2 aliphatic rings. The van der Waals surface area contributed by atoms with E-state index in [-0.39, 0.29) is 0 Å². The number of hydrogen-bond donors (Lipinski definition) is 0. The molecule has 0 spiro atoms. The Bertz CT molecular complexity index is 403. The molecule has 2 aliphatic carbocycles. The second-order valence-corrected chi connectivity index (χ2v) is 6.16. The first kappa shape index (κ1) is 11.5. The molecule has 0 bridgehead atoms. The molecular weight excluding hydrogens is 234 g/mol. The van der Waals surface area contributed by atoms with Gasteiger partial charge in [-0.15, -0.1) is 21.8 Å². The zero-order valence-electron chi connectivity index (χ0n) is 10.6. The van der Waals surface area contributed by atoms with E-state index in [1.54, 1.807) is 0 Å². The molecule has 0 saturated heterocycles. The van der Waals surface area contributed by atoms with Gasteiger partial charge < -0.3 is 4.57 Å². The van der Waals surface area contributed by atoms with Gasteiger partial charge in [0.05, 0.1) is 5.88 Å². The van der Waals surface area contributed by atoms with E-state index in [9.17, 15) is 0 Å². The van der Waals surface area contributed by atoms with Crippen molar-refractivity contribution in [2.45, 2.75) is 51.5 Å². The van der Waals surface area contributed by atoms with Crippen LogP contribution in [0.25, 0.3) is 0 Å². The summed E-state index contributed by atoms with van der Waals surface area (Å²) in [6, 6.07) is 0. The van der Waals surface area contributed by atoms with Crippen LogP contribution >= 0.6 is 11.6 Å². The van der Waals surface area contributed by atoms with Crippen molar-refractivity contribution in [2.24, 2.45) is 17.8 Å². The molecule has 17 heavy (non-hydrogen) atoms. The van der Waals surface area contributed by atoms with Gasteiger partial charge in [0.2, 0.25) is 0 Å². The normalized spacial score (nSPS) is 30.9. The molecule has 0 radical (unpaired) electrons. The number of rotatable bonds is 4. The third-order valence-electron chi connectivity index (χ3n) is 4.23. The van der Waals surface area contributed by atoms with Crippen molar-refractivity contribution < 1.29 is 0 Å². The highest BCUT2D eigenvalue weighted by Crippen LogP contribution is 2.62. The Balaban J connectivity index is 1.86. The van der Waals surface area contributed by atoms with Gasteiger partial charge in [-0.2, -0.15) is 0 Å². The fraction of sp³-hybridized carbons (Fsp3) is 0.846.